The molecule has 3 rings (SSSR count). The van der Waals surface area contributed by atoms with Crippen molar-refractivity contribution >= 4 is 40.4 Å². The number of fused-ring (bicyclic) bond motifs is 1. The molecule has 0 saturated heterocycles. The number of nitrogens with one attached hydrogen (secondary N) is 1. The summed E-state index contributed by atoms with van der Waals surface area (Å²) in [5.74, 6) is -0.0135. The number of primary amides is 1. The molecule has 9 nitrogen and oxygen atoms in total. The summed E-state index contributed by atoms with van der Waals surface area (Å²) < 4.78 is 16.1. The molecule has 0 fully saturated rings. The van der Waals surface area contributed by atoms with Crippen molar-refractivity contribution in [1.29, 1.82) is 0 Å². The fourth-order valence-electron chi connectivity index (χ4n) is 2.99. The number of carbonyl (C=O) groups is 2. The Morgan fingerprint density at radius 2 is 1.91 bits per heavy atom. The van der Waals surface area contributed by atoms with Crippen LogP contribution in [0.4, 0.5) is 11.4 Å². The van der Waals surface area contributed by atoms with Crippen molar-refractivity contribution in [2.45, 2.75) is 13.8 Å². The zero-order valence-electron chi connectivity index (χ0n) is 18.0. The number of benzene rings is 1. The Kier molecular flexibility index (Phi) is 7.22. The second-order valence-corrected chi connectivity index (χ2v) is 6.53. The SMILES string of the molecule is CCOC(=O)c1cnc2nc(/C=C/C(N)=O)c(OCC)cc2c1Nc1ccc(OC)cc1. The van der Waals surface area contributed by atoms with Crippen LogP contribution in [0.25, 0.3) is 17.1 Å². The van der Waals surface area contributed by atoms with Crippen LogP contribution in [-0.2, 0) is 9.53 Å². The lowest BCUT2D eigenvalue weighted by Crippen LogP contribution is -2.10. The molecule has 0 saturated carbocycles. The second-order valence-electron chi connectivity index (χ2n) is 6.53. The minimum Gasteiger partial charge on any atom is -0.497 e. The summed E-state index contributed by atoms with van der Waals surface area (Å²) >= 11 is 0. The van der Waals surface area contributed by atoms with Crippen molar-refractivity contribution in [1.82, 2.24) is 9.97 Å². The lowest BCUT2D eigenvalue weighted by molar-refractivity contribution is -0.113. The highest BCUT2D eigenvalue weighted by Gasteiger charge is 2.19. The number of nitrogens with zero attached hydrogens (tertiary/aromatic N) is 2. The van der Waals surface area contributed by atoms with Crippen LogP contribution in [0.5, 0.6) is 11.5 Å². The third-order valence-electron chi connectivity index (χ3n) is 4.41. The van der Waals surface area contributed by atoms with Gasteiger partial charge in [-0.2, -0.15) is 0 Å². The number of nitrogens with two attached hydrogens (primary N) is 1. The molecule has 1 amide bonds. The molecular weight excluding hydrogens is 412 g/mol. The lowest BCUT2D eigenvalue weighted by atomic mass is 10.1. The number of aromatic nitrogens is 2. The van der Waals surface area contributed by atoms with Gasteiger partial charge < -0.3 is 25.3 Å². The third kappa shape index (κ3) is 5.12. The van der Waals surface area contributed by atoms with Crippen LogP contribution in [0, 0.1) is 0 Å². The molecule has 3 aromatic rings. The lowest BCUT2D eigenvalue weighted by Gasteiger charge is -2.16. The molecule has 0 bridgehead atoms. The van der Waals surface area contributed by atoms with E-state index in [0.717, 1.165) is 5.69 Å². The summed E-state index contributed by atoms with van der Waals surface area (Å²) in [4.78, 5) is 32.6. The maximum absolute atomic E-state index is 12.6. The van der Waals surface area contributed by atoms with Crippen molar-refractivity contribution in [3.05, 3.63) is 53.9 Å². The Labute approximate surface area is 185 Å². The molecule has 1 aromatic carbocycles. The number of esters is 1. The maximum atomic E-state index is 12.6. The van der Waals surface area contributed by atoms with Crippen molar-refractivity contribution < 1.29 is 23.8 Å². The average molecular weight is 436 g/mol. The Hall–Kier alpha value is -4.14. The molecule has 2 heterocycles. The van der Waals surface area contributed by atoms with Crippen LogP contribution >= 0.6 is 0 Å². The van der Waals surface area contributed by atoms with E-state index in [9.17, 15) is 9.59 Å². The van der Waals surface area contributed by atoms with Gasteiger partial charge >= 0.3 is 5.97 Å². The van der Waals surface area contributed by atoms with E-state index in [2.05, 4.69) is 15.3 Å². The summed E-state index contributed by atoms with van der Waals surface area (Å²) in [5.41, 5.74) is 7.39. The fourth-order valence-corrected chi connectivity index (χ4v) is 2.99. The number of hydrogen-bond acceptors (Lipinski definition) is 8. The van der Waals surface area contributed by atoms with Crippen molar-refractivity contribution in [2.24, 2.45) is 5.73 Å². The molecule has 9 heteroatoms. The van der Waals surface area contributed by atoms with Gasteiger partial charge in [-0.3, -0.25) is 4.79 Å². The van der Waals surface area contributed by atoms with Crippen LogP contribution < -0.4 is 20.5 Å². The van der Waals surface area contributed by atoms with Crippen molar-refractivity contribution in [2.75, 3.05) is 25.6 Å². The molecule has 0 unspecified atom stereocenters. The Bertz CT molecular complexity index is 1160. The molecular formula is C23H24N4O5. The average Bonchev–Trinajstić information content (AvgIpc) is 2.78. The molecule has 3 N–H and O–H groups in total. The highest BCUT2D eigenvalue weighted by atomic mass is 16.5. The topological polar surface area (TPSA) is 126 Å². The summed E-state index contributed by atoms with van der Waals surface area (Å²) in [6.07, 6.45) is 4.06. The van der Waals surface area contributed by atoms with Gasteiger partial charge in [0.25, 0.3) is 0 Å². The van der Waals surface area contributed by atoms with E-state index in [1.54, 1.807) is 32.2 Å². The second kappa shape index (κ2) is 10.3. The number of pyridine rings is 2. The monoisotopic (exact) mass is 436 g/mol. The summed E-state index contributed by atoms with van der Waals surface area (Å²) in [6, 6.07) is 8.95. The standard InChI is InChI=1S/C23H24N4O5/c1-4-31-19-12-16-21(26-14-6-8-15(30-3)9-7-14)17(23(29)32-5-2)13-25-22(16)27-18(19)10-11-20(24)28/h6-13H,4-5H2,1-3H3,(H2,24,28)(H,25,26,27)/b11-10+. The van der Waals surface area contributed by atoms with E-state index >= 15 is 0 Å². The highest BCUT2D eigenvalue weighted by Crippen LogP contribution is 2.33. The number of anilines is 2. The highest BCUT2D eigenvalue weighted by molar-refractivity contribution is 6.06. The first-order chi connectivity index (χ1) is 15.5. The van der Waals surface area contributed by atoms with Gasteiger partial charge in [-0.1, -0.05) is 0 Å². The maximum Gasteiger partial charge on any atom is 0.341 e. The zero-order chi connectivity index (χ0) is 23.1. The smallest absolute Gasteiger partial charge is 0.341 e. The van der Waals surface area contributed by atoms with Gasteiger partial charge in [0.05, 0.1) is 26.0 Å². The molecule has 0 aliphatic carbocycles. The predicted octanol–water partition coefficient (Wildman–Crippen LogP) is 3.46. The fraction of sp³-hybridized carbons (Fsp3) is 0.217. The van der Waals surface area contributed by atoms with E-state index in [1.165, 1.54) is 18.3 Å². The van der Waals surface area contributed by atoms with Gasteiger partial charge in [0, 0.05) is 23.3 Å². The van der Waals surface area contributed by atoms with Crippen molar-refractivity contribution in [3.8, 4) is 11.5 Å². The number of amides is 1. The molecule has 0 atom stereocenters. The number of ether oxygens (including phenoxy) is 3. The molecule has 0 aliphatic heterocycles. The van der Waals surface area contributed by atoms with Gasteiger partial charge in [-0.25, -0.2) is 14.8 Å². The Balaban J connectivity index is 2.19. The molecule has 2 aromatic heterocycles. The van der Waals surface area contributed by atoms with Gasteiger partial charge in [0.2, 0.25) is 5.91 Å². The molecule has 0 spiro atoms. The quantitative estimate of drug-likeness (QED) is 0.386. The van der Waals surface area contributed by atoms with E-state index in [4.69, 9.17) is 19.9 Å². The number of carbonyl (C=O) groups excluding carboxylic acids is 2. The van der Waals surface area contributed by atoms with Crippen molar-refractivity contribution in [3.63, 3.8) is 0 Å². The Morgan fingerprint density at radius 1 is 1.16 bits per heavy atom. The molecule has 166 valence electrons. The van der Waals surface area contributed by atoms with Crippen LogP contribution in [0.3, 0.4) is 0 Å². The van der Waals surface area contributed by atoms with Crippen LogP contribution in [0.1, 0.15) is 29.9 Å². The first-order valence-corrected chi connectivity index (χ1v) is 9.99. The predicted molar refractivity (Wildman–Crippen MR) is 121 cm³/mol. The first kappa shape index (κ1) is 22.5. The summed E-state index contributed by atoms with van der Waals surface area (Å²) in [5, 5.41) is 3.81. The molecule has 0 aliphatic rings. The summed E-state index contributed by atoms with van der Waals surface area (Å²) in [6.45, 7) is 4.15. The minimum atomic E-state index is -0.609. The summed E-state index contributed by atoms with van der Waals surface area (Å²) in [7, 11) is 1.59. The number of hydrogen-bond donors (Lipinski definition) is 2. The van der Waals surface area contributed by atoms with E-state index < -0.39 is 11.9 Å². The Morgan fingerprint density at radius 3 is 2.53 bits per heavy atom. The van der Waals surface area contributed by atoms with Crippen LogP contribution in [0.2, 0.25) is 0 Å². The zero-order valence-corrected chi connectivity index (χ0v) is 18.0. The van der Waals surface area contributed by atoms with Gasteiger partial charge in [0.1, 0.15) is 22.8 Å². The minimum absolute atomic E-state index is 0.220. The van der Waals surface area contributed by atoms with Gasteiger partial charge in [-0.15, -0.1) is 0 Å². The van der Waals surface area contributed by atoms with E-state index in [0.29, 0.717) is 40.5 Å². The molecule has 32 heavy (non-hydrogen) atoms. The normalized spacial score (nSPS) is 10.8. The van der Waals surface area contributed by atoms with Crippen LogP contribution in [0.15, 0.2) is 42.6 Å². The van der Waals surface area contributed by atoms with Crippen LogP contribution in [-0.4, -0.2) is 42.2 Å². The number of methoxy groups -OCH3 is 1. The van der Waals surface area contributed by atoms with Gasteiger partial charge in [0.15, 0.2) is 5.65 Å². The van der Waals surface area contributed by atoms with E-state index in [-0.39, 0.29) is 12.2 Å². The molecule has 0 radical (unpaired) electrons. The van der Waals surface area contributed by atoms with Gasteiger partial charge in [-0.05, 0) is 50.3 Å². The van der Waals surface area contributed by atoms with E-state index in [1.807, 2.05) is 19.1 Å². The third-order valence-corrected chi connectivity index (χ3v) is 4.41. The number of rotatable bonds is 9. The largest absolute Gasteiger partial charge is 0.497 e. The first-order valence-electron chi connectivity index (χ1n) is 9.99.